The van der Waals surface area contributed by atoms with E-state index in [1.165, 1.54) is 6.92 Å². The predicted molar refractivity (Wildman–Crippen MR) is 61.7 cm³/mol. The summed E-state index contributed by atoms with van der Waals surface area (Å²) in [6.07, 6.45) is -0.962. The van der Waals surface area contributed by atoms with E-state index in [-0.39, 0.29) is 28.1 Å². The average molecular weight is 260 g/mol. The highest BCUT2D eigenvalue weighted by Gasteiger charge is 2.22. The van der Waals surface area contributed by atoms with Crippen LogP contribution >= 0.6 is 11.8 Å². The number of hydrogen-bond acceptors (Lipinski definition) is 8. The molecule has 0 aliphatic heterocycles. The van der Waals surface area contributed by atoms with Crippen molar-refractivity contribution in [3.05, 3.63) is 15.8 Å². The number of hydrogen-bond donors (Lipinski definition) is 3. The Bertz CT molecular complexity index is 428. The molecule has 9 heteroatoms. The highest BCUT2D eigenvalue weighted by Crippen LogP contribution is 2.30. The van der Waals surface area contributed by atoms with Crippen LogP contribution in [0.3, 0.4) is 0 Å². The molecule has 1 aromatic rings. The van der Waals surface area contributed by atoms with Crippen LogP contribution in [0.25, 0.3) is 0 Å². The van der Waals surface area contributed by atoms with Crippen molar-refractivity contribution in [3.8, 4) is 0 Å². The van der Waals surface area contributed by atoms with Gasteiger partial charge in [0.05, 0.1) is 17.6 Å². The van der Waals surface area contributed by atoms with Gasteiger partial charge in [0, 0.05) is 5.75 Å². The molecule has 0 aliphatic carbocycles. The van der Waals surface area contributed by atoms with Crippen molar-refractivity contribution in [2.75, 3.05) is 18.1 Å². The summed E-state index contributed by atoms with van der Waals surface area (Å²) < 4.78 is 0. The molecule has 1 atom stereocenters. The van der Waals surface area contributed by atoms with E-state index in [1.807, 2.05) is 0 Å². The Kier molecular flexibility index (Phi) is 4.61. The maximum Gasteiger partial charge on any atom is 0.322 e. The van der Waals surface area contributed by atoms with E-state index in [1.54, 1.807) is 0 Å². The largest absolute Gasteiger partial charge is 0.394 e. The predicted octanol–water partition coefficient (Wildman–Crippen LogP) is -0.279. The molecule has 0 aliphatic rings. The molecule has 0 radical (unpaired) electrons. The van der Waals surface area contributed by atoms with Gasteiger partial charge >= 0.3 is 5.69 Å². The fraction of sp³-hybridized carbons (Fsp3) is 0.500. The minimum atomic E-state index is -0.962. The Morgan fingerprint density at radius 1 is 1.59 bits per heavy atom. The zero-order chi connectivity index (χ0) is 13.0. The van der Waals surface area contributed by atoms with Crippen molar-refractivity contribution in [2.45, 2.75) is 18.1 Å². The third kappa shape index (κ3) is 3.51. The summed E-state index contributed by atoms with van der Waals surface area (Å²) >= 11 is 0.954. The zero-order valence-electron chi connectivity index (χ0n) is 9.03. The van der Waals surface area contributed by atoms with Gasteiger partial charge in [0.25, 0.3) is 0 Å². The lowest BCUT2D eigenvalue weighted by Crippen LogP contribution is -2.15. The van der Waals surface area contributed by atoms with Gasteiger partial charge < -0.3 is 15.9 Å². The summed E-state index contributed by atoms with van der Waals surface area (Å²) in [5.74, 6) is 0.0295. The van der Waals surface area contributed by atoms with E-state index in [0.717, 1.165) is 11.8 Å². The molecule has 1 rings (SSSR count). The van der Waals surface area contributed by atoms with Crippen LogP contribution < -0.4 is 5.73 Å². The maximum atomic E-state index is 10.8. The number of aliphatic hydroxyl groups excluding tert-OH is 2. The first-order valence-corrected chi connectivity index (χ1v) is 5.64. The Morgan fingerprint density at radius 2 is 2.24 bits per heavy atom. The number of nitrogens with two attached hydrogens (primary N) is 1. The van der Waals surface area contributed by atoms with Crippen LogP contribution in [0.1, 0.15) is 5.69 Å². The molecule has 0 saturated heterocycles. The van der Waals surface area contributed by atoms with Gasteiger partial charge in [-0.3, -0.25) is 10.1 Å². The smallest absolute Gasteiger partial charge is 0.322 e. The molecule has 1 aromatic heterocycles. The van der Waals surface area contributed by atoms with E-state index >= 15 is 0 Å². The van der Waals surface area contributed by atoms with Gasteiger partial charge in [0.1, 0.15) is 5.69 Å². The van der Waals surface area contributed by atoms with Crippen molar-refractivity contribution < 1.29 is 15.1 Å². The van der Waals surface area contributed by atoms with Gasteiger partial charge in [-0.2, -0.15) is 4.98 Å². The molecular weight excluding hydrogens is 248 g/mol. The highest BCUT2D eigenvalue weighted by molar-refractivity contribution is 7.99. The molecule has 1 heterocycles. The number of nitrogens with zero attached hydrogens (tertiary/aromatic N) is 3. The quantitative estimate of drug-likeness (QED) is 0.284. The Morgan fingerprint density at radius 3 is 2.76 bits per heavy atom. The molecular formula is C8H12N4O4S. The summed E-state index contributed by atoms with van der Waals surface area (Å²) in [6, 6.07) is 0. The van der Waals surface area contributed by atoms with Crippen LogP contribution in [0.15, 0.2) is 5.03 Å². The molecule has 0 fully saturated rings. The topological polar surface area (TPSA) is 135 Å². The summed E-state index contributed by atoms with van der Waals surface area (Å²) in [6.45, 7) is 1.04. The molecule has 1 unspecified atom stereocenters. The minimum absolute atomic E-state index is 0.0610. The third-order valence-electron chi connectivity index (χ3n) is 1.85. The van der Waals surface area contributed by atoms with Crippen LogP contribution in [0.4, 0.5) is 11.6 Å². The van der Waals surface area contributed by atoms with E-state index in [4.69, 9.17) is 10.8 Å². The lowest BCUT2D eigenvalue weighted by Gasteiger charge is -2.07. The first-order valence-electron chi connectivity index (χ1n) is 4.66. The van der Waals surface area contributed by atoms with Gasteiger partial charge in [-0.15, -0.1) is 0 Å². The number of thioether (sulfide) groups is 1. The summed E-state index contributed by atoms with van der Waals surface area (Å²) in [5, 5.41) is 28.7. The van der Waals surface area contributed by atoms with Gasteiger partial charge in [0.2, 0.25) is 5.95 Å². The molecule has 0 spiro atoms. The van der Waals surface area contributed by atoms with Crippen LogP contribution in [0, 0.1) is 17.0 Å². The Balaban J connectivity index is 3.00. The highest BCUT2D eigenvalue weighted by atomic mass is 32.2. The van der Waals surface area contributed by atoms with Crippen LogP contribution in [-0.4, -0.2) is 43.6 Å². The first-order chi connectivity index (χ1) is 7.95. The number of nitrogen functional groups attached to an aromatic ring is 1. The van der Waals surface area contributed by atoms with Crippen molar-refractivity contribution in [1.29, 1.82) is 0 Å². The molecule has 94 valence electrons. The molecule has 8 nitrogen and oxygen atoms in total. The number of aryl methyl sites for hydroxylation is 1. The second-order valence-electron chi connectivity index (χ2n) is 3.23. The normalized spacial score (nSPS) is 12.4. The monoisotopic (exact) mass is 260 g/mol. The Labute approximate surface area is 101 Å². The number of aliphatic hydroxyl groups is 2. The second-order valence-corrected chi connectivity index (χ2v) is 4.23. The van der Waals surface area contributed by atoms with Gasteiger partial charge in [0.15, 0.2) is 5.03 Å². The maximum absolute atomic E-state index is 10.8. The Hall–Kier alpha value is -1.45. The first kappa shape index (κ1) is 13.6. The van der Waals surface area contributed by atoms with Gasteiger partial charge in [-0.25, -0.2) is 4.98 Å². The standard InChI is InChI=1S/C8H12N4O4S/c1-4-6(12(15)16)7(11-8(9)10-4)17-3-5(14)2-13/h5,13-14H,2-3H2,1H3,(H2,9,10,11). The second kappa shape index (κ2) is 5.75. The van der Waals surface area contributed by atoms with E-state index in [2.05, 4.69) is 9.97 Å². The van der Waals surface area contributed by atoms with Crippen LogP contribution in [-0.2, 0) is 0 Å². The molecule has 0 bridgehead atoms. The van der Waals surface area contributed by atoms with Crippen molar-refractivity contribution in [2.24, 2.45) is 0 Å². The average Bonchev–Trinajstić information content (AvgIpc) is 2.24. The van der Waals surface area contributed by atoms with E-state index in [9.17, 15) is 15.2 Å². The molecule has 0 amide bonds. The summed E-state index contributed by atoms with van der Waals surface area (Å²) in [4.78, 5) is 17.7. The van der Waals surface area contributed by atoms with Crippen molar-refractivity contribution in [1.82, 2.24) is 9.97 Å². The van der Waals surface area contributed by atoms with Crippen LogP contribution in [0.2, 0.25) is 0 Å². The summed E-state index contributed by atoms with van der Waals surface area (Å²) in [5.41, 5.74) is 5.34. The number of rotatable bonds is 5. The lowest BCUT2D eigenvalue weighted by molar-refractivity contribution is -0.389. The molecule has 0 saturated carbocycles. The van der Waals surface area contributed by atoms with E-state index < -0.39 is 17.6 Å². The van der Waals surface area contributed by atoms with Gasteiger partial charge in [-0.1, -0.05) is 11.8 Å². The summed E-state index contributed by atoms with van der Waals surface area (Å²) in [7, 11) is 0. The fourth-order valence-electron chi connectivity index (χ4n) is 1.10. The van der Waals surface area contributed by atoms with Gasteiger partial charge in [-0.05, 0) is 6.92 Å². The lowest BCUT2D eigenvalue weighted by atomic mass is 10.4. The van der Waals surface area contributed by atoms with E-state index in [0.29, 0.717) is 0 Å². The molecule has 17 heavy (non-hydrogen) atoms. The fourth-order valence-corrected chi connectivity index (χ4v) is 2.07. The SMILES string of the molecule is Cc1nc(N)nc(SCC(O)CO)c1[N+](=O)[O-]. The molecule has 4 N–H and O–H groups in total. The number of anilines is 1. The van der Waals surface area contributed by atoms with Crippen molar-refractivity contribution in [3.63, 3.8) is 0 Å². The number of nitro groups is 1. The zero-order valence-corrected chi connectivity index (χ0v) is 9.85. The van der Waals surface area contributed by atoms with Crippen LogP contribution in [0.5, 0.6) is 0 Å². The number of aromatic nitrogens is 2. The minimum Gasteiger partial charge on any atom is -0.394 e. The third-order valence-corrected chi connectivity index (χ3v) is 2.96. The van der Waals surface area contributed by atoms with Crippen molar-refractivity contribution >= 4 is 23.4 Å². The molecule has 0 aromatic carbocycles.